The normalized spacial score (nSPS) is 10.9. The third-order valence-electron chi connectivity index (χ3n) is 3.04. The van der Waals surface area contributed by atoms with Crippen LogP contribution < -0.4 is 5.32 Å². The van der Waals surface area contributed by atoms with E-state index in [4.69, 9.17) is 0 Å². The number of aromatic nitrogens is 1. The molecule has 1 amide bonds. The molecular formula is C17H14N2OS2. The van der Waals surface area contributed by atoms with Gasteiger partial charge in [0, 0.05) is 23.7 Å². The van der Waals surface area contributed by atoms with Gasteiger partial charge in [-0.05, 0) is 40.6 Å². The summed E-state index contributed by atoms with van der Waals surface area (Å²) in [6, 6.07) is 11.9. The van der Waals surface area contributed by atoms with Crippen molar-refractivity contribution < 1.29 is 4.79 Å². The summed E-state index contributed by atoms with van der Waals surface area (Å²) in [6.07, 6.45) is 5.16. The van der Waals surface area contributed by atoms with E-state index in [-0.39, 0.29) is 5.91 Å². The minimum atomic E-state index is -0.102. The van der Waals surface area contributed by atoms with Crippen LogP contribution in [0.1, 0.15) is 10.4 Å². The standard InChI is InChI=1S/C17H14N2OS2/c20-16(8-7-14-5-2-10-21-14)19-12-13-4-1-9-18-17(13)15-6-3-11-22-15/h1-11H,12H2,(H,19,20)/b8-7+. The lowest BCUT2D eigenvalue weighted by Gasteiger charge is -2.07. The Kier molecular flexibility index (Phi) is 4.78. The molecule has 0 unspecified atom stereocenters. The monoisotopic (exact) mass is 326 g/mol. The summed E-state index contributed by atoms with van der Waals surface area (Å²) in [7, 11) is 0. The number of thiophene rings is 2. The van der Waals surface area contributed by atoms with Gasteiger partial charge in [-0.25, -0.2) is 0 Å². The fourth-order valence-electron chi connectivity index (χ4n) is 2.00. The number of hydrogen-bond donors (Lipinski definition) is 1. The molecule has 3 aromatic rings. The topological polar surface area (TPSA) is 42.0 Å². The quantitative estimate of drug-likeness (QED) is 0.714. The molecular weight excluding hydrogens is 312 g/mol. The first kappa shape index (κ1) is 14.7. The molecule has 0 bridgehead atoms. The Labute approximate surface area is 137 Å². The molecule has 0 fully saturated rings. The first-order chi connectivity index (χ1) is 10.8. The highest BCUT2D eigenvalue weighted by molar-refractivity contribution is 7.13. The van der Waals surface area contributed by atoms with Gasteiger partial charge in [-0.15, -0.1) is 22.7 Å². The van der Waals surface area contributed by atoms with Crippen LogP contribution in [0.5, 0.6) is 0 Å². The van der Waals surface area contributed by atoms with Crippen molar-refractivity contribution in [3.8, 4) is 10.6 Å². The summed E-state index contributed by atoms with van der Waals surface area (Å²) in [5, 5.41) is 6.92. The molecule has 3 aromatic heterocycles. The zero-order chi connectivity index (χ0) is 15.2. The maximum Gasteiger partial charge on any atom is 0.244 e. The molecule has 0 atom stereocenters. The van der Waals surface area contributed by atoms with Crippen molar-refractivity contribution in [2.24, 2.45) is 0 Å². The molecule has 3 rings (SSSR count). The van der Waals surface area contributed by atoms with Gasteiger partial charge in [0.1, 0.15) is 0 Å². The largest absolute Gasteiger partial charge is 0.348 e. The van der Waals surface area contributed by atoms with Gasteiger partial charge in [-0.2, -0.15) is 0 Å². The fourth-order valence-corrected chi connectivity index (χ4v) is 3.38. The van der Waals surface area contributed by atoms with Gasteiger partial charge in [0.2, 0.25) is 5.91 Å². The number of rotatable bonds is 5. The average Bonchev–Trinajstić information content (AvgIpc) is 3.24. The van der Waals surface area contributed by atoms with Crippen LogP contribution in [0.3, 0.4) is 0 Å². The van der Waals surface area contributed by atoms with Crippen molar-refractivity contribution in [2.45, 2.75) is 6.54 Å². The third kappa shape index (κ3) is 3.69. The van der Waals surface area contributed by atoms with E-state index < -0.39 is 0 Å². The van der Waals surface area contributed by atoms with E-state index in [0.717, 1.165) is 21.0 Å². The van der Waals surface area contributed by atoms with Crippen molar-refractivity contribution in [1.82, 2.24) is 10.3 Å². The number of nitrogens with one attached hydrogen (secondary N) is 1. The number of amides is 1. The Balaban J connectivity index is 1.66. The lowest BCUT2D eigenvalue weighted by atomic mass is 10.1. The second kappa shape index (κ2) is 7.15. The second-order valence-electron chi connectivity index (χ2n) is 4.55. The van der Waals surface area contributed by atoms with E-state index in [9.17, 15) is 4.79 Å². The van der Waals surface area contributed by atoms with Gasteiger partial charge < -0.3 is 5.32 Å². The molecule has 5 heteroatoms. The molecule has 3 heterocycles. The zero-order valence-electron chi connectivity index (χ0n) is 11.7. The molecule has 0 aliphatic carbocycles. The van der Waals surface area contributed by atoms with E-state index in [0.29, 0.717) is 6.54 Å². The van der Waals surface area contributed by atoms with Crippen molar-refractivity contribution >= 4 is 34.7 Å². The van der Waals surface area contributed by atoms with Gasteiger partial charge >= 0.3 is 0 Å². The number of hydrogen-bond acceptors (Lipinski definition) is 4. The molecule has 0 spiro atoms. The molecule has 0 aromatic carbocycles. The van der Waals surface area contributed by atoms with Crippen LogP contribution in [-0.4, -0.2) is 10.9 Å². The SMILES string of the molecule is O=C(/C=C/c1cccs1)NCc1cccnc1-c1cccs1. The first-order valence-corrected chi connectivity index (χ1v) is 8.56. The molecule has 3 nitrogen and oxygen atoms in total. The summed E-state index contributed by atoms with van der Waals surface area (Å²) in [6.45, 7) is 0.467. The van der Waals surface area contributed by atoms with E-state index in [1.807, 2.05) is 53.2 Å². The molecule has 1 N–H and O–H groups in total. The fraction of sp³-hybridized carbons (Fsp3) is 0.0588. The van der Waals surface area contributed by atoms with Gasteiger partial charge in [-0.3, -0.25) is 9.78 Å². The molecule has 0 aliphatic rings. The van der Waals surface area contributed by atoms with Crippen molar-refractivity contribution in [3.63, 3.8) is 0 Å². The minimum absolute atomic E-state index is 0.102. The Bertz CT molecular complexity index is 762. The van der Waals surface area contributed by atoms with E-state index in [1.165, 1.54) is 0 Å². The highest BCUT2D eigenvalue weighted by atomic mass is 32.1. The number of pyridine rings is 1. The van der Waals surface area contributed by atoms with Crippen LogP contribution in [0.4, 0.5) is 0 Å². The first-order valence-electron chi connectivity index (χ1n) is 6.80. The van der Waals surface area contributed by atoms with Crippen molar-refractivity contribution in [2.75, 3.05) is 0 Å². The van der Waals surface area contributed by atoms with Crippen LogP contribution in [0.2, 0.25) is 0 Å². The summed E-state index contributed by atoms with van der Waals surface area (Å²) in [4.78, 5) is 18.5. The highest BCUT2D eigenvalue weighted by Gasteiger charge is 2.07. The number of carbonyl (C=O) groups excluding carboxylic acids is 1. The summed E-state index contributed by atoms with van der Waals surface area (Å²) < 4.78 is 0. The Morgan fingerprint density at radius 2 is 2.00 bits per heavy atom. The highest BCUT2D eigenvalue weighted by Crippen LogP contribution is 2.25. The second-order valence-corrected chi connectivity index (χ2v) is 6.48. The van der Waals surface area contributed by atoms with Crippen LogP contribution >= 0.6 is 22.7 Å². The molecule has 0 aliphatic heterocycles. The molecule has 0 radical (unpaired) electrons. The van der Waals surface area contributed by atoms with E-state index in [1.54, 1.807) is 34.9 Å². The molecule has 110 valence electrons. The van der Waals surface area contributed by atoms with Crippen LogP contribution in [-0.2, 0) is 11.3 Å². The molecule has 0 saturated heterocycles. The lowest BCUT2D eigenvalue weighted by molar-refractivity contribution is -0.116. The third-order valence-corrected chi connectivity index (χ3v) is 4.76. The Hall–Kier alpha value is -2.24. The van der Waals surface area contributed by atoms with Gasteiger partial charge in [0.05, 0.1) is 10.6 Å². The summed E-state index contributed by atoms with van der Waals surface area (Å²) in [5.74, 6) is -0.102. The predicted octanol–water partition coefficient (Wildman–Crippen LogP) is 4.20. The van der Waals surface area contributed by atoms with E-state index in [2.05, 4.69) is 10.3 Å². The average molecular weight is 326 g/mol. The van der Waals surface area contributed by atoms with Crippen LogP contribution in [0, 0.1) is 0 Å². The minimum Gasteiger partial charge on any atom is -0.348 e. The van der Waals surface area contributed by atoms with Gasteiger partial charge in [0.25, 0.3) is 0 Å². The van der Waals surface area contributed by atoms with Crippen LogP contribution in [0.15, 0.2) is 59.4 Å². The van der Waals surface area contributed by atoms with Crippen LogP contribution in [0.25, 0.3) is 16.6 Å². The molecule has 22 heavy (non-hydrogen) atoms. The summed E-state index contributed by atoms with van der Waals surface area (Å²) >= 11 is 3.25. The van der Waals surface area contributed by atoms with Crippen molar-refractivity contribution in [3.05, 3.63) is 69.9 Å². The van der Waals surface area contributed by atoms with Gasteiger partial charge in [-0.1, -0.05) is 18.2 Å². The number of carbonyl (C=O) groups is 1. The Morgan fingerprint density at radius 3 is 2.77 bits per heavy atom. The number of nitrogens with zero attached hydrogens (tertiary/aromatic N) is 1. The summed E-state index contributed by atoms with van der Waals surface area (Å²) in [5.41, 5.74) is 1.95. The maximum absolute atomic E-state index is 11.9. The predicted molar refractivity (Wildman–Crippen MR) is 92.7 cm³/mol. The molecule has 0 saturated carbocycles. The van der Waals surface area contributed by atoms with Gasteiger partial charge in [0.15, 0.2) is 0 Å². The smallest absolute Gasteiger partial charge is 0.244 e. The Morgan fingerprint density at radius 1 is 1.14 bits per heavy atom. The zero-order valence-corrected chi connectivity index (χ0v) is 13.4. The van der Waals surface area contributed by atoms with E-state index >= 15 is 0 Å². The van der Waals surface area contributed by atoms with Crippen molar-refractivity contribution in [1.29, 1.82) is 0 Å². The maximum atomic E-state index is 11.9. The lowest BCUT2D eigenvalue weighted by Crippen LogP contribution is -2.20.